The van der Waals surface area contributed by atoms with E-state index in [0.717, 1.165) is 11.2 Å². The van der Waals surface area contributed by atoms with Crippen LogP contribution in [0.4, 0.5) is 0 Å². The second-order valence-electron chi connectivity index (χ2n) is 1.73. The molecule has 0 aliphatic rings. The number of carbonyl (C=O) groups is 1. The molecule has 7 heteroatoms. The minimum absolute atomic E-state index is 0.251. The molecule has 0 atom stereocenters. The van der Waals surface area contributed by atoms with Crippen LogP contribution in [0.2, 0.25) is 0 Å². The van der Waals surface area contributed by atoms with Gasteiger partial charge in [0.05, 0.1) is 10.1 Å². The molecule has 11 heavy (non-hydrogen) atoms. The van der Waals surface area contributed by atoms with Gasteiger partial charge in [-0.05, 0) is 5.53 Å². The van der Waals surface area contributed by atoms with Crippen molar-refractivity contribution in [3.8, 4) is 0 Å². The van der Waals surface area contributed by atoms with Gasteiger partial charge < -0.3 is 10.1 Å². The summed E-state index contributed by atoms with van der Waals surface area (Å²) in [5.74, 6) is -0.251. The van der Waals surface area contributed by atoms with E-state index in [1.165, 1.54) is 19.5 Å². The van der Waals surface area contributed by atoms with E-state index in [-0.39, 0.29) is 5.91 Å². The van der Waals surface area contributed by atoms with Crippen LogP contribution in [-0.2, 0) is 4.79 Å². The quantitative estimate of drug-likeness (QED) is 0.253. The van der Waals surface area contributed by atoms with Crippen LogP contribution >= 0.6 is 0 Å². The Balaban J connectivity index is 3.74. The Labute approximate surface area is 62.8 Å². The highest BCUT2D eigenvalue weighted by Gasteiger charge is 1.99. The van der Waals surface area contributed by atoms with Crippen molar-refractivity contribution in [3.63, 3.8) is 0 Å². The molecule has 0 radical (unpaired) electrons. The third-order valence-corrected chi connectivity index (χ3v) is 0.867. The summed E-state index contributed by atoms with van der Waals surface area (Å²) >= 11 is 0. The minimum atomic E-state index is -0.829. The lowest BCUT2D eigenvalue weighted by molar-refractivity contribution is -0.545. The zero-order chi connectivity index (χ0) is 8.85. The van der Waals surface area contributed by atoms with Crippen LogP contribution < -0.4 is 5.53 Å². The van der Waals surface area contributed by atoms with Crippen LogP contribution in [0.5, 0.6) is 0 Å². The van der Waals surface area contributed by atoms with Crippen molar-refractivity contribution in [2.75, 3.05) is 7.05 Å². The third kappa shape index (κ3) is 4.82. The molecule has 7 nitrogen and oxygen atoms in total. The lowest BCUT2D eigenvalue weighted by atomic mass is 10.6. The van der Waals surface area contributed by atoms with Crippen LogP contribution in [-0.4, -0.2) is 29.2 Å². The van der Waals surface area contributed by atoms with Crippen molar-refractivity contribution in [2.24, 2.45) is 5.10 Å². The molecule has 0 aromatic rings. The fourth-order valence-corrected chi connectivity index (χ4v) is 0.241. The molecule has 0 aliphatic carbocycles. The molecule has 0 aromatic carbocycles. The number of amides is 1. The van der Waals surface area contributed by atoms with E-state index in [4.69, 9.17) is 0 Å². The van der Waals surface area contributed by atoms with Gasteiger partial charge in [0.25, 0.3) is 0 Å². The van der Waals surface area contributed by atoms with Crippen molar-refractivity contribution in [2.45, 2.75) is 6.92 Å². The molecule has 0 spiro atoms. The van der Waals surface area contributed by atoms with Crippen molar-refractivity contribution in [1.82, 2.24) is 10.4 Å². The summed E-state index contributed by atoms with van der Waals surface area (Å²) in [4.78, 5) is 21.2. The molecule has 1 N–H and O–H groups in total. The Kier molecular flexibility index (Phi) is 3.57. The topological polar surface area (TPSA) is 87.8 Å². The lowest BCUT2D eigenvalue weighted by Gasteiger charge is -2.01. The van der Waals surface area contributed by atoms with Crippen molar-refractivity contribution >= 4 is 12.2 Å². The van der Waals surface area contributed by atoms with E-state index >= 15 is 0 Å². The summed E-state index contributed by atoms with van der Waals surface area (Å²) in [6.07, 6.45) is 1.02. The molecule has 0 saturated carbocycles. The molecule has 1 amide bonds. The number of hydrogen-bond donors (Lipinski definition) is 1. The van der Waals surface area contributed by atoms with Crippen LogP contribution in [0.25, 0.3) is 0 Å². The first-order valence-corrected chi connectivity index (χ1v) is 2.70. The zero-order valence-electron chi connectivity index (χ0n) is 6.14. The predicted octanol–water partition coefficient (Wildman–Crippen LogP) is -0.811. The van der Waals surface area contributed by atoms with Gasteiger partial charge in [0.15, 0.2) is 0 Å². The summed E-state index contributed by atoms with van der Waals surface area (Å²) in [6, 6.07) is 0. The van der Waals surface area contributed by atoms with E-state index in [1.54, 1.807) is 0 Å². The van der Waals surface area contributed by atoms with Crippen LogP contribution in [0.15, 0.2) is 5.10 Å². The van der Waals surface area contributed by atoms with E-state index in [1.807, 2.05) is 0 Å². The maximum absolute atomic E-state index is 10.5. The molecule has 0 rings (SSSR count). The van der Waals surface area contributed by atoms with Gasteiger partial charge in [-0.3, -0.25) is 9.69 Å². The molecule has 0 aliphatic heterocycles. The van der Waals surface area contributed by atoms with Gasteiger partial charge >= 0.3 is 0 Å². The standard InChI is InChI=1S/C4H8N4O3/c1-4(9)7(2)3-5-6-8(10)11/h3,6H,1-2H3/b5-3+. The molecule has 0 aromatic heterocycles. The Morgan fingerprint density at radius 1 is 1.82 bits per heavy atom. The average molecular weight is 160 g/mol. The summed E-state index contributed by atoms with van der Waals surface area (Å²) in [7, 11) is 1.44. The second-order valence-corrected chi connectivity index (χ2v) is 1.73. The summed E-state index contributed by atoms with van der Waals surface area (Å²) < 4.78 is 0. The maximum atomic E-state index is 10.5. The highest BCUT2D eigenvalue weighted by atomic mass is 16.7. The highest BCUT2D eigenvalue weighted by Crippen LogP contribution is 1.75. The zero-order valence-corrected chi connectivity index (χ0v) is 6.14. The first-order chi connectivity index (χ1) is 5.04. The number of nitrogens with zero attached hydrogens (tertiary/aromatic N) is 3. The van der Waals surface area contributed by atoms with Gasteiger partial charge in [-0.2, -0.15) is 0 Å². The lowest BCUT2D eigenvalue weighted by Crippen LogP contribution is -2.24. The van der Waals surface area contributed by atoms with E-state index in [9.17, 15) is 14.9 Å². The van der Waals surface area contributed by atoms with Gasteiger partial charge in [0.1, 0.15) is 0 Å². The fraction of sp³-hybridized carbons (Fsp3) is 0.500. The number of hydrazine groups is 1. The number of carbonyl (C=O) groups excluding carboxylic acids is 1. The molecular weight excluding hydrogens is 152 g/mol. The molecule has 62 valence electrons. The van der Waals surface area contributed by atoms with E-state index in [2.05, 4.69) is 5.10 Å². The molecule has 0 bridgehead atoms. The number of rotatable bonds is 3. The van der Waals surface area contributed by atoms with Crippen LogP contribution in [0.1, 0.15) is 6.92 Å². The molecule has 0 fully saturated rings. The van der Waals surface area contributed by atoms with Crippen molar-refractivity contribution < 1.29 is 9.83 Å². The first-order valence-electron chi connectivity index (χ1n) is 2.70. The van der Waals surface area contributed by atoms with Crippen molar-refractivity contribution in [3.05, 3.63) is 10.1 Å². The summed E-state index contributed by atoms with van der Waals surface area (Å²) in [6.45, 7) is 1.32. The molecule has 0 heterocycles. The van der Waals surface area contributed by atoms with Crippen LogP contribution in [0.3, 0.4) is 0 Å². The number of hydrazone groups is 1. The monoisotopic (exact) mass is 160 g/mol. The summed E-state index contributed by atoms with van der Waals surface area (Å²) in [5, 5.41) is 11.9. The SMILES string of the molecule is CC(=O)N(C)/C=N/N[N+](=O)[O-]. The summed E-state index contributed by atoms with van der Waals surface area (Å²) in [5.41, 5.74) is 1.53. The Bertz CT molecular complexity index is 190. The smallest absolute Gasteiger partial charge is 0.238 e. The predicted molar refractivity (Wildman–Crippen MR) is 37.1 cm³/mol. The van der Waals surface area contributed by atoms with E-state index in [0.29, 0.717) is 0 Å². The minimum Gasteiger partial charge on any atom is -0.339 e. The van der Waals surface area contributed by atoms with Gasteiger partial charge in [0.2, 0.25) is 12.2 Å². The van der Waals surface area contributed by atoms with Gasteiger partial charge in [-0.1, -0.05) is 0 Å². The Morgan fingerprint density at radius 3 is 2.73 bits per heavy atom. The fourth-order valence-electron chi connectivity index (χ4n) is 0.241. The first kappa shape index (κ1) is 9.34. The van der Waals surface area contributed by atoms with Gasteiger partial charge in [-0.25, -0.2) is 0 Å². The van der Waals surface area contributed by atoms with Crippen molar-refractivity contribution in [1.29, 1.82) is 0 Å². The molecule has 0 unspecified atom stereocenters. The Morgan fingerprint density at radius 2 is 2.36 bits per heavy atom. The number of nitro groups is 1. The van der Waals surface area contributed by atoms with E-state index < -0.39 is 5.03 Å². The number of hydrogen-bond acceptors (Lipinski definition) is 4. The normalized spacial score (nSPS) is 9.64. The number of nitrogens with one attached hydrogen (secondary N) is 1. The molecular formula is C4H8N4O3. The van der Waals surface area contributed by atoms with Gasteiger partial charge in [0, 0.05) is 14.0 Å². The van der Waals surface area contributed by atoms with Gasteiger partial charge in [-0.15, -0.1) is 0 Å². The third-order valence-electron chi connectivity index (χ3n) is 0.867. The second kappa shape index (κ2) is 4.20. The average Bonchev–Trinajstić information content (AvgIpc) is 1.86. The molecule has 0 saturated heterocycles. The largest absolute Gasteiger partial charge is 0.339 e. The van der Waals surface area contributed by atoms with Crippen LogP contribution in [0, 0.1) is 10.1 Å². The highest BCUT2D eigenvalue weighted by molar-refractivity contribution is 5.85. The maximum Gasteiger partial charge on any atom is 0.238 e. The Hall–Kier alpha value is -1.66.